The summed E-state index contributed by atoms with van der Waals surface area (Å²) in [5.74, 6) is 0.0763. The minimum absolute atomic E-state index is 0.0763. The maximum Gasteiger partial charge on any atom is 0.0632 e. The first kappa shape index (κ1) is 10.4. The normalized spacial score (nSPS) is 11.7. The Balaban J connectivity index is 2.36. The van der Waals surface area contributed by atoms with Crippen molar-refractivity contribution in [3.05, 3.63) is 66.0 Å². The maximum atomic E-state index is 8.88. The molecule has 2 aromatic rings. The largest absolute Gasteiger partial charge is 0.261 e. The van der Waals surface area contributed by atoms with E-state index < -0.39 is 0 Å². The second-order valence-corrected chi connectivity index (χ2v) is 3.58. The topological polar surface area (TPSA) is 36.7 Å². The Morgan fingerprint density at radius 2 is 1.81 bits per heavy atom. The summed E-state index contributed by atoms with van der Waals surface area (Å²) >= 11 is 0. The lowest BCUT2D eigenvalue weighted by Crippen LogP contribution is -2.02. The van der Waals surface area contributed by atoms with E-state index >= 15 is 0 Å². The zero-order valence-electron chi connectivity index (χ0n) is 8.88. The van der Waals surface area contributed by atoms with Crippen LogP contribution in [0.3, 0.4) is 0 Å². The lowest BCUT2D eigenvalue weighted by Gasteiger charge is -2.12. The van der Waals surface area contributed by atoms with Gasteiger partial charge in [0.2, 0.25) is 0 Å². The quantitative estimate of drug-likeness (QED) is 0.777. The third-order valence-electron chi connectivity index (χ3n) is 2.54. The van der Waals surface area contributed by atoms with Crippen molar-refractivity contribution < 1.29 is 0 Å². The highest BCUT2D eigenvalue weighted by Gasteiger charge is 2.14. The van der Waals surface area contributed by atoms with Gasteiger partial charge in [0.05, 0.1) is 6.07 Å². The zero-order valence-corrected chi connectivity index (χ0v) is 8.88. The van der Waals surface area contributed by atoms with Gasteiger partial charge >= 0.3 is 0 Å². The van der Waals surface area contributed by atoms with Crippen molar-refractivity contribution >= 4 is 0 Å². The van der Waals surface area contributed by atoms with Crippen LogP contribution in [0.5, 0.6) is 0 Å². The summed E-state index contributed by atoms with van der Waals surface area (Å²) in [4.78, 5) is 4.32. The zero-order chi connectivity index (χ0) is 11.2. The molecular formula is C14H12N2. The molecule has 2 rings (SSSR count). The molecule has 78 valence electrons. The second kappa shape index (κ2) is 5.09. The lowest BCUT2D eigenvalue weighted by molar-refractivity contribution is 0.802. The molecule has 0 aliphatic heterocycles. The summed E-state index contributed by atoms with van der Waals surface area (Å²) < 4.78 is 0. The van der Waals surface area contributed by atoms with Gasteiger partial charge in [-0.3, -0.25) is 4.98 Å². The first-order valence-electron chi connectivity index (χ1n) is 5.24. The van der Waals surface area contributed by atoms with Gasteiger partial charge < -0.3 is 0 Å². The molecule has 1 atom stereocenters. The molecule has 2 nitrogen and oxygen atoms in total. The predicted molar refractivity (Wildman–Crippen MR) is 62.8 cm³/mol. The molecule has 0 saturated carbocycles. The molecule has 16 heavy (non-hydrogen) atoms. The van der Waals surface area contributed by atoms with Crippen molar-refractivity contribution in [2.45, 2.75) is 12.3 Å². The maximum absolute atomic E-state index is 8.88. The van der Waals surface area contributed by atoms with Gasteiger partial charge in [0.25, 0.3) is 0 Å². The fourth-order valence-corrected chi connectivity index (χ4v) is 1.75. The fraction of sp³-hybridized carbons (Fsp3) is 0.143. The van der Waals surface area contributed by atoms with E-state index in [9.17, 15) is 0 Å². The smallest absolute Gasteiger partial charge is 0.0632 e. The highest BCUT2D eigenvalue weighted by Crippen LogP contribution is 2.25. The van der Waals surface area contributed by atoms with Gasteiger partial charge in [-0.25, -0.2) is 0 Å². The Hall–Kier alpha value is -2.14. The van der Waals surface area contributed by atoms with Crippen LogP contribution in [0.2, 0.25) is 0 Å². The number of aromatic nitrogens is 1. The fourth-order valence-electron chi connectivity index (χ4n) is 1.75. The number of nitrogens with zero attached hydrogens (tertiary/aromatic N) is 2. The van der Waals surface area contributed by atoms with Gasteiger partial charge in [-0.2, -0.15) is 5.26 Å². The highest BCUT2D eigenvalue weighted by molar-refractivity contribution is 5.29. The van der Waals surface area contributed by atoms with Crippen LogP contribution in [0.1, 0.15) is 23.6 Å². The number of hydrogen-bond acceptors (Lipinski definition) is 2. The summed E-state index contributed by atoms with van der Waals surface area (Å²) in [7, 11) is 0. The molecule has 1 aromatic carbocycles. The molecule has 0 radical (unpaired) electrons. The Labute approximate surface area is 95.2 Å². The van der Waals surface area contributed by atoms with E-state index in [2.05, 4.69) is 11.1 Å². The van der Waals surface area contributed by atoms with E-state index in [0.717, 1.165) is 11.3 Å². The number of benzene rings is 1. The van der Waals surface area contributed by atoms with Crippen LogP contribution < -0.4 is 0 Å². The number of rotatable bonds is 3. The highest BCUT2D eigenvalue weighted by atomic mass is 14.7. The van der Waals surface area contributed by atoms with Crippen molar-refractivity contribution in [2.75, 3.05) is 0 Å². The van der Waals surface area contributed by atoms with Crippen LogP contribution in [0.25, 0.3) is 0 Å². The molecule has 0 unspecified atom stereocenters. The Kier molecular flexibility index (Phi) is 3.30. The molecule has 0 aliphatic carbocycles. The average molecular weight is 208 g/mol. The van der Waals surface area contributed by atoms with Gasteiger partial charge in [0.1, 0.15) is 0 Å². The Morgan fingerprint density at radius 1 is 1.06 bits per heavy atom. The van der Waals surface area contributed by atoms with Gasteiger partial charge in [0.15, 0.2) is 0 Å². The van der Waals surface area contributed by atoms with Crippen LogP contribution in [0.4, 0.5) is 0 Å². The van der Waals surface area contributed by atoms with E-state index in [4.69, 9.17) is 5.26 Å². The van der Waals surface area contributed by atoms with Crippen LogP contribution >= 0.6 is 0 Å². The first-order valence-corrected chi connectivity index (χ1v) is 5.24. The third-order valence-corrected chi connectivity index (χ3v) is 2.54. The minimum Gasteiger partial charge on any atom is -0.261 e. The van der Waals surface area contributed by atoms with E-state index in [1.807, 2.05) is 48.5 Å². The predicted octanol–water partition coefficient (Wildman–Crippen LogP) is 3.13. The monoisotopic (exact) mass is 208 g/mol. The van der Waals surface area contributed by atoms with E-state index in [1.54, 1.807) is 6.20 Å². The SMILES string of the molecule is N#CC[C@@H](c1ccccc1)c1ccccn1. The van der Waals surface area contributed by atoms with Gasteiger partial charge in [-0.05, 0) is 17.7 Å². The molecule has 0 amide bonds. The molecule has 0 bridgehead atoms. The second-order valence-electron chi connectivity index (χ2n) is 3.58. The van der Waals surface area contributed by atoms with Crippen molar-refractivity contribution in [2.24, 2.45) is 0 Å². The van der Waals surface area contributed by atoms with Gasteiger partial charge in [-0.1, -0.05) is 36.4 Å². The molecule has 1 aromatic heterocycles. The van der Waals surface area contributed by atoms with Crippen molar-refractivity contribution in [3.8, 4) is 6.07 Å². The van der Waals surface area contributed by atoms with Crippen LogP contribution in [-0.2, 0) is 0 Å². The number of hydrogen-bond donors (Lipinski definition) is 0. The number of pyridine rings is 1. The molecule has 0 fully saturated rings. The average Bonchev–Trinajstić information content (AvgIpc) is 2.38. The van der Waals surface area contributed by atoms with Crippen LogP contribution in [0, 0.1) is 11.3 Å². The van der Waals surface area contributed by atoms with Crippen LogP contribution in [-0.4, -0.2) is 4.98 Å². The standard InChI is InChI=1S/C14H12N2/c15-10-9-13(12-6-2-1-3-7-12)14-8-4-5-11-16-14/h1-8,11,13H,9H2/t13-/m0/s1. The van der Waals surface area contributed by atoms with Gasteiger partial charge in [-0.15, -0.1) is 0 Å². The van der Waals surface area contributed by atoms with Gasteiger partial charge in [0, 0.05) is 24.2 Å². The van der Waals surface area contributed by atoms with Crippen molar-refractivity contribution in [1.29, 1.82) is 5.26 Å². The van der Waals surface area contributed by atoms with E-state index in [0.29, 0.717) is 6.42 Å². The summed E-state index contributed by atoms with van der Waals surface area (Å²) in [5, 5.41) is 8.88. The molecule has 0 aliphatic rings. The molecule has 0 N–H and O–H groups in total. The molecule has 2 heteroatoms. The number of nitriles is 1. The van der Waals surface area contributed by atoms with Crippen molar-refractivity contribution in [1.82, 2.24) is 4.98 Å². The van der Waals surface area contributed by atoms with Crippen molar-refractivity contribution in [3.63, 3.8) is 0 Å². The molecule has 0 spiro atoms. The molecule has 1 heterocycles. The first-order chi connectivity index (χ1) is 7.92. The minimum atomic E-state index is 0.0763. The Morgan fingerprint density at radius 3 is 2.44 bits per heavy atom. The van der Waals surface area contributed by atoms with E-state index in [-0.39, 0.29) is 5.92 Å². The molecular weight excluding hydrogens is 196 g/mol. The van der Waals surface area contributed by atoms with E-state index in [1.165, 1.54) is 0 Å². The molecule has 0 saturated heterocycles. The summed E-state index contributed by atoms with van der Waals surface area (Å²) in [6.45, 7) is 0. The third kappa shape index (κ3) is 2.26. The van der Waals surface area contributed by atoms with Crippen LogP contribution in [0.15, 0.2) is 54.7 Å². The summed E-state index contributed by atoms with van der Waals surface area (Å²) in [6.07, 6.45) is 2.23. The summed E-state index contributed by atoms with van der Waals surface area (Å²) in [5.41, 5.74) is 2.10. The lowest BCUT2D eigenvalue weighted by atomic mass is 9.93. The summed E-state index contributed by atoms with van der Waals surface area (Å²) in [6, 6.07) is 18.1. The Bertz CT molecular complexity index is 432.